The second kappa shape index (κ2) is 4.97. The molecule has 0 aromatic carbocycles. The molecule has 0 radical (unpaired) electrons. The van der Waals surface area contributed by atoms with Crippen molar-refractivity contribution in [2.75, 3.05) is 13.2 Å². The number of hydrogen-bond acceptors (Lipinski definition) is 2. The van der Waals surface area contributed by atoms with Gasteiger partial charge < -0.3 is 9.84 Å². The van der Waals surface area contributed by atoms with Gasteiger partial charge in [-0.2, -0.15) is 0 Å². The predicted octanol–water partition coefficient (Wildman–Crippen LogP) is 2.35. The van der Waals surface area contributed by atoms with E-state index in [9.17, 15) is 0 Å². The maximum absolute atomic E-state index is 8.60. The van der Waals surface area contributed by atoms with E-state index < -0.39 is 0 Å². The standard InChI is InChI=1S/C11H22O2/c1-11(2)6-4-10(5-7-11)13-9-3-8-12/h10,12H,3-9H2,1-2H3. The van der Waals surface area contributed by atoms with Gasteiger partial charge in [0.1, 0.15) is 0 Å². The molecule has 0 aromatic rings. The van der Waals surface area contributed by atoms with Gasteiger partial charge in [-0.15, -0.1) is 0 Å². The van der Waals surface area contributed by atoms with E-state index in [1.807, 2.05) is 0 Å². The van der Waals surface area contributed by atoms with Gasteiger partial charge in [0.2, 0.25) is 0 Å². The highest BCUT2D eigenvalue weighted by Gasteiger charge is 2.26. The number of aliphatic hydroxyl groups excluding tert-OH is 1. The van der Waals surface area contributed by atoms with Crippen LogP contribution >= 0.6 is 0 Å². The van der Waals surface area contributed by atoms with Crippen LogP contribution in [0.1, 0.15) is 46.0 Å². The average Bonchev–Trinajstić information content (AvgIpc) is 2.08. The van der Waals surface area contributed by atoms with E-state index in [0.29, 0.717) is 11.5 Å². The molecule has 0 spiro atoms. The van der Waals surface area contributed by atoms with Gasteiger partial charge in [-0.1, -0.05) is 13.8 Å². The molecule has 13 heavy (non-hydrogen) atoms. The van der Waals surface area contributed by atoms with E-state index in [1.54, 1.807) is 0 Å². The molecule has 1 N–H and O–H groups in total. The Morgan fingerprint density at radius 3 is 2.46 bits per heavy atom. The number of aliphatic hydroxyl groups is 1. The lowest BCUT2D eigenvalue weighted by Gasteiger charge is -2.34. The molecule has 1 fully saturated rings. The van der Waals surface area contributed by atoms with E-state index in [1.165, 1.54) is 25.7 Å². The molecule has 78 valence electrons. The predicted molar refractivity (Wildman–Crippen MR) is 53.7 cm³/mol. The first kappa shape index (κ1) is 11.0. The molecular weight excluding hydrogens is 164 g/mol. The molecular formula is C11H22O2. The average molecular weight is 186 g/mol. The zero-order valence-corrected chi connectivity index (χ0v) is 8.88. The zero-order chi connectivity index (χ0) is 9.73. The van der Waals surface area contributed by atoms with Crippen LogP contribution in [-0.4, -0.2) is 24.4 Å². The van der Waals surface area contributed by atoms with Gasteiger partial charge in [0, 0.05) is 13.2 Å². The van der Waals surface area contributed by atoms with E-state index in [2.05, 4.69) is 13.8 Å². The fourth-order valence-electron chi connectivity index (χ4n) is 1.85. The van der Waals surface area contributed by atoms with E-state index in [4.69, 9.17) is 9.84 Å². The number of ether oxygens (including phenoxy) is 1. The van der Waals surface area contributed by atoms with Crippen LogP contribution in [0.15, 0.2) is 0 Å². The summed E-state index contributed by atoms with van der Waals surface area (Å²) in [4.78, 5) is 0. The summed E-state index contributed by atoms with van der Waals surface area (Å²) in [6.45, 7) is 5.63. The fraction of sp³-hybridized carbons (Fsp3) is 1.00. The Hall–Kier alpha value is -0.0800. The van der Waals surface area contributed by atoms with E-state index in [-0.39, 0.29) is 6.61 Å². The van der Waals surface area contributed by atoms with Crippen molar-refractivity contribution in [3.8, 4) is 0 Å². The second-order valence-corrected chi connectivity index (χ2v) is 4.81. The van der Waals surface area contributed by atoms with Crippen molar-refractivity contribution < 1.29 is 9.84 Å². The minimum Gasteiger partial charge on any atom is -0.396 e. The van der Waals surface area contributed by atoms with Crippen LogP contribution in [-0.2, 0) is 4.74 Å². The third-order valence-electron chi connectivity index (χ3n) is 2.94. The molecule has 0 aliphatic heterocycles. The number of hydrogen-bond donors (Lipinski definition) is 1. The van der Waals surface area contributed by atoms with Gasteiger partial charge in [-0.05, 0) is 37.5 Å². The van der Waals surface area contributed by atoms with E-state index in [0.717, 1.165) is 13.0 Å². The molecule has 0 unspecified atom stereocenters. The van der Waals surface area contributed by atoms with Crippen molar-refractivity contribution in [3.63, 3.8) is 0 Å². The lowest BCUT2D eigenvalue weighted by atomic mass is 9.76. The third kappa shape index (κ3) is 4.10. The normalized spacial score (nSPS) is 23.3. The van der Waals surface area contributed by atoms with Gasteiger partial charge >= 0.3 is 0 Å². The molecule has 1 aliphatic carbocycles. The Morgan fingerprint density at radius 2 is 1.92 bits per heavy atom. The van der Waals surface area contributed by atoms with Crippen LogP contribution in [0.3, 0.4) is 0 Å². The minimum absolute atomic E-state index is 0.248. The molecule has 0 heterocycles. The zero-order valence-electron chi connectivity index (χ0n) is 8.88. The maximum Gasteiger partial charge on any atom is 0.0575 e. The van der Waals surface area contributed by atoms with Gasteiger partial charge in [-0.25, -0.2) is 0 Å². The first-order valence-electron chi connectivity index (χ1n) is 5.36. The Bertz CT molecular complexity index is 133. The first-order valence-corrected chi connectivity index (χ1v) is 5.36. The summed E-state index contributed by atoms with van der Waals surface area (Å²) in [7, 11) is 0. The van der Waals surface area contributed by atoms with Crippen molar-refractivity contribution >= 4 is 0 Å². The summed E-state index contributed by atoms with van der Waals surface area (Å²) in [6.07, 6.45) is 6.17. The molecule has 1 rings (SSSR count). The largest absolute Gasteiger partial charge is 0.396 e. The summed E-state index contributed by atoms with van der Waals surface area (Å²) < 4.78 is 5.66. The Kier molecular flexibility index (Phi) is 4.20. The Balaban J connectivity index is 2.11. The van der Waals surface area contributed by atoms with Crippen LogP contribution in [0.5, 0.6) is 0 Å². The van der Waals surface area contributed by atoms with Crippen molar-refractivity contribution in [1.82, 2.24) is 0 Å². The Labute approximate surface area is 81.3 Å². The van der Waals surface area contributed by atoms with Crippen molar-refractivity contribution in [2.45, 2.75) is 52.1 Å². The van der Waals surface area contributed by atoms with Gasteiger partial charge in [-0.3, -0.25) is 0 Å². The molecule has 0 aromatic heterocycles. The van der Waals surface area contributed by atoms with E-state index >= 15 is 0 Å². The van der Waals surface area contributed by atoms with Crippen molar-refractivity contribution in [1.29, 1.82) is 0 Å². The lowest BCUT2D eigenvalue weighted by Crippen LogP contribution is -2.26. The third-order valence-corrected chi connectivity index (χ3v) is 2.94. The summed E-state index contributed by atoms with van der Waals surface area (Å²) in [5.74, 6) is 0. The van der Waals surface area contributed by atoms with Gasteiger partial charge in [0.05, 0.1) is 6.10 Å². The van der Waals surface area contributed by atoms with Crippen LogP contribution in [0.25, 0.3) is 0 Å². The molecule has 0 bridgehead atoms. The molecule has 0 atom stereocenters. The van der Waals surface area contributed by atoms with Crippen molar-refractivity contribution in [3.05, 3.63) is 0 Å². The highest BCUT2D eigenvalue weighted by Crippen LogP contribution is 2.36. The van der Waals surface area contributed by atoms with Gasteiger partial charge in [0.25, 0.3) is 0 Å². The molecule has 0 saturated heterocycles. The van der Waals surface area contributed by atoms with Crippen LogP contribution < -0.4 is 0 Å². The highest BCUT2D eigenvalue weighted by atomic mass is 16.5. The highest BCUT2D eigenvalue weighted by molar-refractivity contribution is 4.78. The smallest absolute Gasteiger partial charge is 0.0575 e. The van der Waals surface area contributed by atoms with Crippen LogP contribution in [0.4, 0.5) is 0 Å². The summed E-state index contributed by atoms with van der Waals surface area (Å²) in [6, 6.07) is 0. The summed E-state index contributed by atoms with van der Waals surface area (Å²) >= 11 is 0. The first-order chi connectivity index (χ1) is 6.14. The molecule has 0 amide bonds. The lowest BCUT2D eigenvalue weighted by molar-refractivity contribution is -0.000773. The van der Waals surface area contributed by atoms with Crippen LogP contribution in [0, 0.1) is 5.41 Å². The Morgan fingerprint density at radius 1 is 1.31 bits per heavy atom. The molecule has 2 heteroatoms. The quantitative estimate of drug-likeness (QED) is 0.683. The number of rotatable bonds is 4. The SMILES string of the molecule is CC1(C)CCC(OCCCO)CC1. The summed E-state index contributed by atoms with van der Waals surface area (Å²) in [5.41, 5.74) is 0.525. The molecule has 1 saturated carbocycles. The monoisotopic (exact) mass is 186 g/mol. The van der Waals surface area contributed by atoms with Crippen LogP contribution in [0.2, 0.25) is 0 Å². The van der Waals surface area contributed by atoms with Gasteiger partial charge in [0.15, 0.2) is 0 Å². The molecule has 2 nitrogen and oxygen atoms in total. The second-order valence-electron chi connectivity index (χ2n) is 4.81. The topological polar surface area (TPSA) is 29.5 Å². The van der Waals surface area contributed by atoms with Crippen molar-refractivity contribution in [2.24, 2.45) is 5.41 Å². The summed E-state index contributed by atoms with van der Waals surface area (Å²) in [5, 5.41) is 8.60. The fourth-order valence-corrected chi connectivity index (χ4v) is 1.85. The minimum atomic E-state index is 0.248. The maximum atomic E-state index is 8.60. The molecule has 1 aliphatic rings.